The Bertz CT molecular complexity index is 634. The summed E-state index contributed by atoms with van der Waals surface area (Å²) in [6.45, 7) is 3.54. The SMILES string of the molecule is C=C=NC1CC2(C1)CC(c1nc3ccccc3o1)C2. The minimum absolute atomic E-state index is 0.460. The van der Waals surface area contributed by atoms with E-state index in [1.54, 1.807) is 0 Å². The number of rotatable bonds is 2. The van der Waals surface area contributed by atoms with Gasteiger partial charge in [-0.1, -0.05) is 12.1 Å². The Labute approximate surface area is 112 Å². The quantitative estimate of drug-likeness (QED) is 0.764. The second-order valence-corrected chi connectivity index (χ2v) is 5.97. The number of oxazole rings is 1. The Kier molecular flexibility index (Phi) is 2.21. The molecule has 96 valence electrons. The fourth-order valence-corrected chi connectivity index (χ4v) is 3.72. The number of aliphatic imine (C=N–C) groups is 1. The molecule has 0 radical (unpaired) electrons. The topological polar surface area (TPSA) is 38.4 Å². The fraction of sp³-hybridized carbons (Fsp3) is 0.438. The van der Waals surface area contributed by atoms with Crippen LogP contribution in [0.25, 0.3) is 11.1 Å². The summed E-state index contributed by atoms with van der Waals surface area (Å²) < 4.78 is 5.85. The first kappa shape index (κ1) is 11.0. The van der Waals surface area contributed by atoms with Crippen LogP contribution in [-0.4, -0.2) is 16.9 Å². The van der Waals surface area contributed by atoms with Gasteiger partial charge < -0.3 is 4.42 Å². The Hall–Kier alpha value is -1.86. The molecule has 0 N–H and O–H groups in total. The van der Waals surface area contributed by atoms with Crippen LogP contribution in [0, 0.1) is 5.41 Å². The summed E-state index contributed by atoms with van der Waals surface area (Å²) in [5.41, 5.74) is 2.39. The van der Waals surface area contributed by atoms with Crippen molar-refractivity contribution < 1.29 is 4.42 Å². The van der Waals surface area contributed by atoms with E-state index in [2.05, 4.69) is 22.4 Å². The van der Waals surface area contributed by atoms with Gasteiger partial charge in [-0.2, -0.15) is 0 Å². The van der Waals surface area contributed by atoms with Gasteiger partial charge in [0.15, 0.2) is 11.5 Å². The van der Waals surface area contributed by atoms with E-state index in [0.29, 0.717) is 17.4 Å². The Morgan fingerprint density at radius 3 is 2.79 bits per heavy atom. The zero-order valence-electron chi connectivity index (χ0n) is 10.8. The molecular weight excluding hydrogens is 236 g/mol. The summed E-state index contributed by atoms with van der Waals surface area (Å²) in [5, 5.41) is 0. The van der Waals surface area contributed by atoms with Crippen LogP contribution in [0.3, 0.4) is 0 Å². The monoisotopic (exact) mass is 252 g/mol. The summed E-state index contributed by atoms with van der Waals surface area (Å²) in [7, 11) is 0. The van der Waals surface area contributed by atoms with Crippen molar-refractivity contribution in [2.75, 3.05) is 0 Å². The van der Waals surface area contributed by atoms with Crippen molar-refractivity contribution >= 4 is 17.0 Å². The molecule has 2 saturated carbocycles. The zero-order valence-corrected chi connectivity index (χ0v) is 10.8. The standard InChI is InChI=1S/C16H16N2O/c1-2-17-12-9-16(10-12)7-11(8-16)15-18-13-5-3-4-6-14(13)19-15/h3-6,11-12H,1,7-10H2. The number of hydrogen-bond donors (Lipinski definition) is 0. The highest BCUT2D eigenvalue weighted by molar-refractivity contribution is 5.72. The molecule has 0 saturated heterocycles. The summed E-state index contributed by atoms with van der Waals surface area (Å²) in [6.07, 6.45) is 4.77. The van der Waals surface area contributed by atoms with Gasteiger partial charge in [0.2, 0.25) is 0 Å². The lowest BCUT2D eigenvalue weighted by Gasteiger charge is -2.55. The number of benzene rings is 1. The lowest BCUT2D eigenvalue weighted by molar-refractivity contribution is -0.0146. The van der Waals surface area contributed by atoms with Gasteiger partial charge in [-0.15, -0.1) is 0 Å². The van der Waals surface area contributed by atoms with Crippen LogP contribution in [0.15, 0.2) is 40.3 Å². The van der Waals surface area contributed by atoms with E-state index in [1.165, 1.54) is 25.7 Å². The molecule has 0 atom stereocenters. The van der Waals surface area contributed by atoms with Gasteiger partial charge >= 0.3 is 0 Å². The summed E-state index contributed by atoms with van der Waals surface area (Å²) in [4.78, 5) is 8.84. The normalized spacial score (nSPS) is 32.6. The third-order valence-electron chi connectivity index (χ3n) is 4.63. The van der Waals surface area contributed by atoms with E-state index in [0.717, 1.165) is 17.0 Å². The fourth-order valence-electron chi connectivity index (χ4n) is 3.72. The van der Waals surface area contributed by atoms with E-state index in [4.69, 9.17) is 4.42 Å². The Morgan fingerprint density at radius 2 is 2.05 bits per heavy atom. The maximum absolute atomic E-state index is 5.85. The highest BCUT2D eigenvalue weighted by atomic mass is 16.3. The first-order valence-electron chi connectivity index (χ1n) is 6.85. The predicted molar refractivity (Wildman–Crippen MR) is 74.5 cm³/mol. The molecule has 19 heavy (non-hydrogen) atoms. The number of fused-ring (bicyclic) bond motifs is 1. The maximum Gasteiger partial charge on any atom is 0.198 e. The first-order valence-corrected chi connectivity index (χ1v) is 6.85. The predicted octanol–water partition coefficient (Wildman–Crippen LogP) is 3.71. The van der Waals surface area contributed by atoms with Gasteiger partial charge in [-0.25, -0.2) is 9.98 Å². The molecule has 0 aliphatic heterocycles. The molecule has 4 rings (SSSR count). The molecule has 2 aliphatic carbocycles. The maximum atomic E-state index is 5.85. The van der Waals surface area contributed by atoms with Crippen LogP contribution in [0.5, 0.6) is 0 Å². The smallest absolute Gasteiger partial charge is 0.198 e. The van der Waals surface area contributed by atoms with Gasteiger partial charge in [-0.05, 0) is 55.7 Å². The Balaban J connectivity index is 1.47. The third kappa shape index (κ3) is 1.66. The van der Waals surface area contributed by atoms with E-state index in [1.807, 2.05) is 24.3 Å². The molecule has 1 spiro atoms. The third-order valence-corrected chi connectivity index (χ3v) is 4.63. The van der Waals surface area contributed by atoms with Crippen LogP contribution >= 0.6 is 0 Å². The zero-order chi connectivity index (χ0) is 12.9. The summed E-state index contributed by atoms with van der Waals surface area (Å²) in [5.74, 6) is 4.08. The average Bonchev–Trinajstić information content (AvgIpc) is 2.73. The lowest BCUT2D eigenvalue weighted by atomic mass is 9.50. The molecule has 1 aromatic carbocycles. The van der Waals surface area contributed by atoms with Crippen molar-refractivity contribution in [1.82, 2.24) is 4.98 Å². The van der Waals surface area contributed by atoms with Crippen LogP contribution in [0.4, 0.5) is 0 Å². The molecule has 0 bridgehead atoms. The second kappa shape index (κ2) is 3.82. The highest BCUT2D eigenvalue weighted by Gasteiger charge is 2.54. The largest absolute Gasteiger partial charge is 0.440 e. The van der Waals surface area contributed by atoms with Crippen molar-refractivity contribution in [3.05, 3.63) is 36.7 Å². The minimum Gasteiger partial charge on any atom is -0.440 e. The van der Waals surface area contributed by atoms with Gasteiger partial charge in [0.1, 0.15) is 5.52 Å². The number of hydrogen-bond acceptors (Lipinski definition) is 3. The van der Waals surface area contributed by atoms with Crippen molar-refractivity contribution in [2.24, 2.45) is 10.4 Å². The van der Waals surface area contributed by atoms with Gasteiger partial charge in [0.25, 0.3) is 0 Å². The van der Waals surface area contributed by atoms with Crippen LogP contribution in [0.2, 0.25) is 0 Å². The molecule has 3 heteroatoms. The average molecular weight is 252 g/mol. The van der Waals surface area contributed by atoms with Gasteiger partial charge in [0, 0.05) is 5.92 Å². The number of aromatic nitrogens is 1. The van der Waals surface area contributed by atoms with E-state index >= 15 is 0 Å². The van der Waals surface area contributed by atoms with E-state index in [-0.39, 0.29) is 0 Å². The molecule has 1 aromatic heterocycles. The molecule has 1 heterocycles. The van der Waals surface area contributed by atoms with Crippen molar-refractivity contribution in [1.29, 1.82) is 0 Å². The molecule has 0 amide bonds. The van der Waals surface area contributed by atoms with Gasteiger partial charge in [-0.3, -0.25) is 0 Å². The van der Waals surface area contributed by atoms with Crippen molar-refractivity contribution in [3.8, 4) is 0 Å². The highest BCUT2D eigenvalue weighted by Crippen LogP contribution is 2.62. The number of nitrogens with zero attached hydrogens (tertiary/aromatic N) is 2. The summed E-state index contributed by atoms with van der Waals surface area (Å²) >= 11 is 0. The molecule has 0 unspecified atom stereocenters. The molecule has 2 aromatic rings. The van der Waals surface area contributed by atoms with Crippen molar-refractivity contribution in [3.63, 3.8) is 0 Å². The Morgan fingerprint density at radius 1 is 1.26 bits per heavy atom. The van der Waals surface area contributed by atoms with Gasteiger partial charge in [0.05, 0.1) is 6.04 Å². The van der Waals surface area contributed by atoms with Crippen LogP contribution < -0.4 is 0 Å². The van der Waals surface area contributed by atoms with Crippen LogP contribution in [0.1, 0.15) is 37.5 Å². The van der Waals surface area contributed by atoms with Crippen molar-refractivity contribution in [2.45, 2.75) is 37.6 Å². The summed E-state index contributed by atoms with van der Waals surface area (Å²) in [6, 6.07) is 8.44. The second-order valence-electron chi connectivity index (χ2n) is 5.97. The molecule has 2 fully saturated rings. The molecule has 3 nitrogen and oxygen atoms in total. The molecular formula is C16H16N2O. The first-order chi connectivity index (χ1) is 9.28. The lowest BCUT2D eigenvalue weighted by Crippen LogP contribution is -2.48. The molecule has 2 aliphatic rings. The minimum atomic E-state index is 0.460. The van der Waals surface area contributed by atoms with E-state index in [9.17, 15) is 0 Å². The van der Waals surface area contributed by atoms with E-state index < -0.39 is 0 Å². The number of para-hydroxylation sites is 2. The van der Waals surface area contributed by atoms with Crippen LogP contribution in [-0.2, 0) is 0 Å².